The zero-order valence-electron chi connectivity index (χ0n) is 12.6. The Balaban J connectivity index is 1.85. The predicted molar refractivity (Wildman–Crippen MR) is 77.9 cm³/mol. The van der Waals surface area contributed by atoms with E-state index >= 15 is 0 Å². The van der Waals surface area contributed by atoms with Gasteiger partial charge in [-0.3, -0.25) is 4.79 Å². The summed E-state index contributed by atoms with van der Waals surface area (Å²) in [5.41, 5.74) is 0.597. The van der Waals surface area contributed by atoms with Crippen molar-refractivity contribution in [2.45, 2.75) is 39.2 Å². The maximum atomic E-state index is 13.8. The number of carbonyl (C=O) groups excluding carboxylic acids is 1. The average Bonchev–Trinajstić information content (AvgIpc) is 2.96. The van der Waals surface area contributed by atoms with Crippen LogP contribution < -0.4 is 5.32 Å². The average molecular weight is 296 g/mol. The first-order valence-corrected chi connectivity index (χ1v) is 7.45. The van der Waals surface area contributed by atoms with E-state index in [0.29, 0.717) is 24.1 Å². The van der Waals surface area contributed by atoms with Crippen molar-refractivity contribution in [1.29, 1.82) is 0 Å². The zero-order chi connectivity index (χ0) is 15.4. The summed E-state index contributed by atoms with van der Waals surface area (Å²) in [7, 11) is 0. The van der Waals surface area contributed by atoms with E-state index in [1.54, 1.807) is 6.92 Å². The molecule has 0 saturated carbocycles. The van der Waals surface area contributed by atoms with Crippen molar-refractivity contribution >= 4 is 5.91 Å². The van der Waals surface area contributed by atoms with Gasteiger partial charge in [0.15, 0.2) is 0 Å². The van der Waals surface area contributed by atoms with Gasteiger partial charge in [0.2, 0.25) is 5.91 Å². The van der Waals surface area contributed by atoms with E-state index < -0.39 is 11.6 Å². The van der Waals surface area contributed by atoms with Crippen LogP contribution in [0.15, 0.2) is 12.1 Å². The van der Waals surface area contributed by atoms with Crippen molar-refractivity contribution in [3.8, 4) is 0 Å². The second-order valence-electron chi connectivity index (χ2n) is 5.64. The Morgan fingerprint density at radius 1 is 1.29 bits per heavy atom. The summed E-state index contributed by atoms with van der Waals surface area (Å²) in [4.78, 5) is 13.7. The number of hydrogen-bond donors (Lipinski definition) is 1. The molecule has 1 aliphatic heterocycles. The largest absolute Gasteiger partial charge is 0.343 e. The van der Waals surface area contributed by atoms with Crippen LogP contribution in [0.4, 0.5) is 8.78 Å². The van der Waals surface area contributed by atoms with Crippen LogP contribution in [0.1, 0.15) is 43.4 Å². The van der Waals surface area contributed by atoms with E-state index in [1.807, 2.05) is 4.90 Å². The Hall–Kier alpha value is -1.49. The number of carbonyl (C=O) groups is 1. The Morgan fingerprint density at radius 3 is 2.62 bits per heavy atom. The van der Waals surface area contributed by atoms with E-state index in [4.69, 9.17) is 0 Å². The van der Waals surface area contributed by atoms with Gasteiger partial charge in [-0.25, -0.2) is 8.78 Å². The molecule has 2 rings (SSSR count). The summed E-state index contributed by atoms with van der Waals surface area (Å²) in [6.07, 6.45) is 2.53. The Morgan fingerprint density at radius 2 is 1.95 bits per heavy atom. The van der Waals surface area contributed by atoms with E-state index in [1.165, 1.54) is 19.1 Å². The molecular weight excluding hydrogens is 274 g/mol. The highest BCUT2D eigenvalue weighted by Gasteiger charge is 2.18. The van der Waals surface area contributed by atoms with E-state index in [2.05, 4.69) is 5.32 Å². The van der Waals surface area contributed by atoms with Crippen molar-refractivity contribution in [1.82, 2.24) is 10.2 Å². The van der Waals surface area contributed by atoms with Gasteiger partial charge in [0.1, 0.15) is 11.6 Å². The number of rotatable bonds is 5. The first-order valence-electron chi connectivity index (χ1n) is 7.45. The molecule has 5 heteroatoms. The highest BCUT2D eigenvalue weighted by Crippen LogP contribution is 2.20. The summed E-state index contributed by atoms with van der Waals surface area (Å²) < 4.78 is 27.3. The highest BCUT2D eigenvalue weighted by atomic mass is 19.1. The van der Waals surface area contributed by atoms with E-state index in [9.17, 15) is 13.6 Å². The molecule has 1 heterocycles. The van der Waals surface area contributed by atoms with Crippen molar-refractivity contribution in [3.63, 3.8) is 0 Å². The number of hydrogen-bond acceptors (Lipinski definition) is 2. The van der Waals surface area contributed by atoms with E-state index in [0.717, 1.165) is 25.9 Å². The van der Waals surface area contributed by atoms with Crippen LogP contribution in [0.5, 0.6) is 0 Å². The molecule has 0 radical (unpaired) electrons. The molecule has 0 bridgehead atoms. The van der Waals surface area contributed by atoms with Gasteiger partial charge in [-0.1, -0.05) is 0 Å². The molecule has 0 aromatic heterocycles. The number of nitrogens with zero attached hydrogens (tertiary/aromatic N) is 1. The molecule has 0 aliphatic carbocycles. The fourth-order valence-electron chi connectivity index (χ4n) is 2.62. The minimum absolute atomic E-state index is 0.128. The lowest BCUT2D eigenvalue weighted by Gasteiger charge is -2.18. The van der Waals surface area contributed by atoms with Crippen molar-refractivity contribution in [2.75, 3.05) is 19.6 Å². The third-order valence-corrected chi connectivity index (χ3v) is 3.99. The molecule has 0 spiro atoms. The van der Waals surface area contributed by atoms with Crippen LogP contribution in [0.2, 0.25) is 0 Å². The lowest BCUT2D eigenvalue weighted by atomic mass is 10.0. The van der Waals surface area contributed by atoms with E-state index in [-0.39, 0.29) is 11.9 Å². The molecule has 1 N–H and O–H groups in total. The van der Waals surface area contributed by atoms with Crippen molar-refractivity contribution < 1.29 is 13.6 Å². The lowest BCUT2D eigenvalue weighted by molar-refractivity contribution is -0.130. The summed E-state index contributed by atoms with van der Waals surface area (Å²) in [6.45, 7) is 5.45. The number of benzene rings is 1. The zero-order valence-corrected chi connectivity index (χ0v) is 12.6. The van der Waals surface area contributed by atoms with Crippen LogP contribution in [-0.2, 0) is 4.79 Å². The molecule has 21 heavy (non-hydrogen) atoms. The Bertz CT molecular complexity index is 513. The first kappa shape index (κ1) is 15.9. The monoisotopic (exact) mass is 296 g/mol. The van der Waals surface area contributed by atoms with Crippen LogP contribution in [0, 0.1) is 18.6 Å². The normalized spacial score (nSPS) is 16.3. The number of nitrogens with one attached hydrogen (secondary N) is 1. The van der Waals surface area contributed by atoms with Crippen LogP contribution in [0.3, 0.4) is 0 Å². The van der Waals surface area contributed by atoms with Gasteiger partial charge < -0.3 is 10.2 Å². The summed E-state index contributed by atoms with van der Waals surface area (Å²) in [5, 5.41) is 3.09. The van der Waals surface area contributed by atoms with Crippen molar-refractivity contribution in [2.24, 2.45) is 0 Å². The highest BCUT2D eigenvalue weighted by molar-refractivity contribution is 5.76. The SMILES string of the molecule is Cc1cc(F)c(C(C)NCCC(=O)N2CCCC2)cc1F. The Labute approximate surface area is 124 Å². The summed E-state index contributed by atoms with van der Waals surface area (Å²) in [5.74, 6) is -0.698. The molecule has 1 saturated heterocycles. The number of amides is 1. The first-order chi connectivity index (χ1) is 9.99. The smallest absolute Gasteiger partial charge is 0.223 e. The minimum atomic E-state index is -0.417. The predicted octanol–water partition coefficient (Wildman–Crippen LogP) is 2.94. The molecule has 1 aromatic carbocycles. The summed E-state index contributed by atoms with van der Waals surface area (Å²) >= 11 is 0. The number of aryl methyl sites for hydroxylation is 1. The fourth-order valence-corrected chi connectivity index (χ4v) is 2.62. The molecule has 3 nitrogen and oxygen atoms in total. The third-order valence-electron chi connectivity index (χ3n) is 3.99. The maximum absolute atomic E-state index is 13.8. The molecule has 1 amide bonds. The topological polar surface area (TPSA) is 32.3 Å². The minimum Gasteiger partial charge on any atom is -0.343 e. The molecular formula is C16H22F2N2O. The number of likely N-dealkylation sites (tertiary alicyclic amines) is 1. The Kier molecular flexibility index (Phi) is 5.28. The molecule has 1 unspecified atom stereocenters. The van der Waals surface area contributed by atoms with Gasteiger partial charge in [-0.05, 0) is 44.4 Å². The molecule has 1 fully saturated rings. The fraction of sp³-hybridized carbons (Fsp3) is 0.562. The second-order valence-corrected chi connectivity index (χ2v) is 5.64. The van der Waals surface area contributed by atoms with Gasteiger partial charge in [0.25, 0.3) is 0 Å². The van der Waals surface area contributed by atoms with Gasteiger partial charge in [-0.15, -0.1) is 0 Å². The van der Waals surface area contributed by atoms with Crippen molar-refractivity contribution in [3.05, 3.63) is 34.9 Å². The van der Waals surface area contributed by atoms with Gasteiger partial charge in [0, 0.05) is 37.7 Å². The summed E-state index contributed by atoms with van der Waals surface area (Å²) in [6, 6.07) is 2.11. The molecule has 1 aliphatic rings. The maximum Gasteiger partial charge on any atom is 0.223 e. The lowest BCUT2D eigenvalue weighted by Crippen LogP contribution is -2.31. The molecule has 116 valence electrons. The third kappa shape index (κ3) is 4.00. The van der Waals surface area contributed by atoms with Crippen LogP contribution in [0.25, 0.3) is 0 Å². The quantitative estimate of drug-likeness (QED) is 0.906. The molecule has 1 aromatic rings. The number of halogens is 2. The van der Waals surface area contributed by atoms with Gasteiger partial charge in [0.05, 0.1) is 0 Å². The van der Waals surface area contributed by atoms with Gasteiger partial charge >= 0.3 is 0 Å². The van der Waals surface area contributed by atoms with Crippen LogP contribution >= 0.6 is 0 Å². The molecule has 1 atom stereocenters. The second kappa shape index (κ2) is 6.98. The van der Waals surface area contributed by atoms with Gasteiger partial charge in [-0.2, -0.15) is 0 Å². The van der Waals surface area contributed by atoms with Crippen LogP contribution in [-0.4, -0.2) is 30.4 Å². The standard InChI is InChI=1S/C16H22F2N2O/c1-11-9-15(18)13(10-14(11)17)12(2)19-6-5-16(21)20-7-3-4-8-20/h9-10,12,19H,3-8H2,1-2H3.